The van der Waals surface area contributed by atoms with E-state index >= 15 is 0 Å². The van der Waals surface area contributed by atoms with Crippen LogP contribution in [0.1, 0.15) is 80.8 Å². The Balaban J connectivity index is 1.47. The van der Waals surface area contributed by atoms with Crippen molar-refractivity contribution in [2.75, 3.05) is 6.54 Å². The Morgan fingerprint density at radius 1 is 1.14 bits per heavy atom. The van der Waals surface area contributed by atoms with Crippen LogP contribution in [0.4, 0.5) is 0 Å². The van der Waals surface area contributed by atoms with Gasteiger partial charge in [0.15, 0.2) is 11.6 Å². The first-order valence-electron chi connectivity index (χ1n) is 8.10. The molecule has 0 N–H and O–H groups in total. The molecular weight excluding hydrogens is 282 g/mol. The van der Waals surface area contributed by atoms with Gasteiger partial charge in [-0.3, -0.25) is 4.90 Å². The molecule has 7 heteroatoms. The lowest BCUT2D eigenvalue weighted by Crippen LogP contribution is -2.23. The average molecular weight is 303 g/mol. The maximum Gasteiger partial charge on any atom is 0.240 e. The summed E-state index contributed by atoms with van der Waals surface area (Å²) >= 11 is 0. The molecule has 118 valence electrons. The van der Waals surface area contributed by atoms with Crippen molar-refractivity contribution >= 4 is 0 Å². The topological polar surface area (TPSA) is 81.1 Å². The van der Waals surface area contributed by atoms with Crippen molar-refractivity contribution in [1.82, 2.24) is 25.2 Å². The molecule has 1 saturated carbocycles. The van der Waals surface area contributed by atoms with Gasteiger partial charge in [0.1, 0.15) is 0 Å². The van der Waals surface area contributed by atoms with Crippen LogP contribution in [-0.2, 0) is 6.54 Å². The Morgan fingerprint density at radius 2 is 2.00 bits per heavy atom. The molecule has 1 atom stereocenters. The largest absolute Gasteiger partial charge is 0.339 e. The van der Waals surface area contributed by atoms with Crippen molar-refractivity contribution < 1.29 is 9.05 Å². The Hall–Kier alpha value is -1.76. The van der Waals surface area contributed by atoms with E-state index in [-0.39, 0.29) is 12.0 Å². The zero-order chi connectivity index (χ0) is 15.1. The monoisotopic (exact) mass is 303 g/mol. The minimum atomic E-state index is 0.200. The highest BCUT2D eigenvalue weighted by Gasteiger charge is 2.34. The molecule has 2 aromatic rings. The Bertz CT molecular complexity index is 646. The van der Waals surface area contributed by atoms with Crippen LogP contribution in [0.25, 0.3) is 0 Å². The molecule has 0 amide bonds. The van der Waals surface area contributed by atoms with Crippen molar-refractivity contribution in [2.24, 2.45) is 0 Å². The number of nitrogens with zero attached hydrogens (tertiary/aromatic N) is 5. The van der Waals surface area contributed by atoms with E-state index in [1.807, 2.05) is 0 Å². The van der Waals surface area contributed by atoms with Crippen molar-refractivity contribution in [3.63, 3.8) is 0 Å². The summed E-state index contributed by atoms with van der Waals surface area (Å²) in [6.07, 6.45) is 4.53. The molecule has 0 unspecified atom stereocenters. The molecule has 22 heavy (non-hydrogen) atoms. The summed E-state index contributed by atoms with van der Waals surface area (Å²) in [5.41, 5.74) is 0. The van der Waals surface area contributed by atoms with Crippen molar-refractivity contribution in [1.29, 1.82) is 0 Å². The molecule has 1 aliphatic carbocycles. The van der Waals surface area contributed by atoms with E-state index in [9.17, 15) is 0 Å². The molecule has 0 bridgehead atoms. The first-order valence-corrected chi connectivity index (χ1v) is 8.10. The normalized spacial score (nSPS) is 22.8. The first-order chi connectivity index (χ1) is 10.7. The lowest BCUT2D eigenvalue weighted by molar-refractivity contribution is 0.202. The maximum atomic E-state index is 5.40. The van der Waals surface area contributed by atoms with Crippen LogP contribution in [0.2, 0.25) is 0 Å². The van der Waals surface area contributed by atoms with Crippen LogP contribution >= 0.6 is 0 Å². The van der Waals surface area contributed by atoms with Gasteiger partial charge in [-0.1, -0.05) is 24.2 Å². The van der Waals surface area contributed by atoms with E-state index in [0.717, 1.165) is 36.9 Å². The number of rotatable bonds is 5. The fourth-order valence-electron chi connectivity index (χ4n) is 2.93. The molecular formula is C15H21N5O2. The van der Waals surface area contributed by atoms with E-state index in [0.29, 0.717) is 18.4 Å². The standard InChI is InChI=1S/C15H21N5O2/c1-9(2)13-16-12(21-18-13)8-20-7-3-4-11(20)14-17-15(22-19-14)10-5-6-10/h9-11H,3-8H2,1-2H3/t11-/m1/s1. The molecule has 1 aliphatic heterocycles. The summed E-state index contributed by atoms with van der Waals surface area (Å²) in [4.78, 5) is 11.4. The lowest BCUT2D eigenvalue weighted by atomic mass is 10.2. The van der Waals surface area contributed by atoms with Gasteiger partial charge in [0.2, 0.25) is 11.8 Å². The number of aromatic nitrogens is 4. The third kappa shape index (κ3) is 2.65. The summed E-state index contributed by atoms with van der Waals surface area (Å²) in [6.45, 7) is 5.77. The molecule has 3 heterocycles. The lowest BCUT2D eigenvalue weighted by Gasteiger charge is -2.19. The van der Waals surface area contributed by atoms with Crippen LogP contribution in [0.15, 0.2) is 9.05 Å². The van der Waals surface area contributed by atoms with Gasteiger partial charge in [0.25, 0.3) is 0 Å². The number of hydrogen-bond acceptors (Lipinski definition) is 7. The van der Waals surface area contributed by atoms with Crippen molar-refractivity contribution in [2.45, 2.75) is 64.0 Å². The predicted molar refractivity (Wildman–Crippen MR) is 77.0 cm³/mol. The SMILES string of the molecule is CC(C)c1noc(CN2CCC[C@@H]2c2noc(C3CC3)n2)n1. The van der Waals surface area contributed by atoms with Gasteiger partial charge < -0.3 is 9.05 Å². The van der Waals surface area contributed by atoms with Crippen LogP contribution in [0.5, 0.6) is 0 Å². The number of hydrogen-bond donors (Lipinski definition) is 0. The third-order valence-corrected chi connectivity index (χ3v) is 4.38. The zero-order valence-corrected chi connectivity index (χ0v) is 13.0. The predicted octanol–water partition coefficient (Wildman–Crippen LogP) is 2.79. The van der Waals surface area contributed by atoms with Gasteiger partial charge in [-0.2, -0.15) is 9.97 Å². The summed E-state index contributed by atoms with van der Waals surface area (Å²) in [7, 11) is 0. The van der Waals surface area contributed by atoms with Gasteiger partial charge in [-0.15, -0.1) is 0 Å². The van der Waals surface area contributed by atoms with Crippen LogP contribution in [-0.4, -0.2) is 31.7 Å². The second-order valence-corrected chi connectivity index (χ2v) is 6.59. The maximum absolute atomic E-state index is 5.40. The summed E-state index contributed by atoms with van der Waals surface area (Å²) in [6, 6.07) is 0.200. The molecule has 0 spiro atoms. The molecule has 2 aromatic heterocycles. The minimum absolute atomic E-state index is 0.200. The average Bonchev–Trinajstić information content (AvgIpc) is 2.95. The highest BCUT2D eigenvalue weighted by Crippen LogP contribution is 2.40. The van der Waals surface area contributed by atoms with Crippen molar-refractivity contribution in [3.05, 3.63) is 23.4 Å². The Morgan fingerprint density at radius 3 is 2.73 bits per heavy atom. The highest BCUT2D eigenvalue weighted by molar-refractivity contribution is 5.05. The van der Waals surface area contributed by atoms with E-state index in [4.69, 9.17) is 9.05 Å². The van der Waals surface area contributed by atoms with Crippen LogP contribution in [0, 0.1) is 0 Å². The highest BCUT2D eigenvalue weighted by atomic mass is 16.5. The second kappa shape index (κ2) is 5.46. The smallest absolute Gasteiger partial charge is 0.240 e. The van der Waals surface area contributed by atoms with Gasteiger partial charge >= 0.3 is 0 Å². The Kier molecular flexibility index (Phi) is 3.44. The molecule has 1 saturated heterocycles. The van der Waals surface area contributed by atoms with Gasteiger partial charge in [0.05, 0.1) is 12.6 Å². The molecule has 4 rings (SSSR count). The Labute approximate surface area is 129 Å². The molecule has 2 aliphatic rings. The molecule has 0 radical (unpaired) electrons. The number of likely N-dealkylation sites (tertiary alicyclic amines) is 1. The molecule has 2 fully saturated rings. The molecule has 7 nitrogen and oxygen atoms in total. The summed E-state index contributed by atoms with van der Waals surface area (Å²) in [5, 5.41) is 8.22. The van der Waals surface area contributed by atoms with Crippen molar-refractivity contribution in [3.8, 4) is 0 Å². The van der Waals surface area contributed by atoms with Gasteiger partial charge in [-0.05, 0) is 32.2 Å². The summed E-state index contributed by atoms with van der Waals surface area (Å²) in [5.74, 6) is 3.83. The van der Waals surface area contributed by atoms with E-state index < -0.39 is 0 Å². The fourth-order valence-corrected chi connectivity index (χ4v) is 2.93. The second-order valence-electron chi connectivity index (χ2n) is 6.59. The van der Waals surface area contributed by atoms with Gasteiger partial charge in [-0.25, -0.2) is 0 Å². The van der Waals surface area contributed by atoms with E-state index in [2.05, 4.69) is 39.0 Å². The minimum Gasteiger partial charge on any atom is -0.339 e. The van der Waals surface area contributed by atoms with Gasteiger partial charge in [0, 0.05) is 11.8 Å². The van der Waals surface area contributed by atoms with Crippen LogP contribution < -0.4 is 0 Å². The van der Waals surface area contributed by atoms with Crippen LogP contribution in [0.3, 0.4) is 0 Å². The van der Waals surface area contributed by atoms with E-state index in [1.165, 1.54) is 12.8 Å². The quantitative estimate of drug-likeness (QED) is 0.840. The zero-order valence-electron chi connectivity index (χ0n) is 13.0. The van der Waals surface area contributed by atoms with E-state index in [1.54, 1.807) is 0 Å². The third-order valence-electron chi connectivity index (χ3n) is 4.38. The summed E-state index contributed by atoms with van der Waals surface area (Å²) < 4.78 is 10.8. The first kappa shape index (κ1) is 13.9. The molecule has 0 aromatic carbocycles. The fraction of sp³-hybridized carbons (Fsp3) is 0.733.